The third-order valence-electron chi connectivity index (χ3n) is 4.74. The second-order valence-electron chi connectivity index (χ2n) is 6.82. The molecule has 19 heavy (non-hydrogen) atoms. The van der Waals surface area contributed by atoms with Crippen LogP contribution in [0.1, 0.15) is 44.9 Å². The smallest absolute Gasteiger partial charge is 0.0285 e. The maximum absolute atomic E-state index is 3.58. The molecule has 0 saturated heterocycles. The van der Waals surface area contributed by atoms with Crippen LogP contribution < -0.4 is 5.32 Å². The Labute approximate surface area is 130 Å². The topological polar surface area (TPSA) is 12.0 Å². The lowest BCUT2D eigenvalue weighted by molar-refractivity contribution is 0.0987. The van der Waals surface area contributed by atoms with Crippen LogP contribution in [-0.4, -0.2) is 13.1 Å². The highest BCUT2D eigenvalue weighted by Gasteiger charge is 2.38. The van der Waals surface area contributed by atoms with Gasteiger partial charge in [-0.3, -0.25) is 0 Å². The molecule has 0 amide bonds. The minimum atomic E-state index is 0.373. The number of nitrogens with one attached hydrogen (secondary N) is 1. The molecule has 3 unspecified atom stereocenters. The fourth-order valence-corrected chi connectivity index (χ4v) is 5.35. The normalized spacial score (nSPS) is 28.6. The van der Waals surface area contributed by atoms with Crippen molar-refractivity contribution in [1.82, 2.24) is 5.32 Å². The molecule has 1 fully saturated rings. The maximum atomic E-state index is 3.58. The Morgan fingerprint density at radius 2 is 2.16 bits per heavy atom. The summed E-state index contributed by atoms with van der Waals surface area (Å²) in [5, 5.41) is 5.77. The largest absolute Gasteiger partial charge is 0.317 e. The zero-order valence-electron chi connectivity index (χ0n) is 12.5. The van der Waals surface area contributed by atoms with Crippen molar-refractivity contribution >= 4 is 27.3 Å². The van der Waals surface area contributed by atoms with Crippen LogP contribution in [0.25, 0.3) is 0 Å². The average Bonchev–Trinajstić information content (AvgIpc) is 2.73. The molecule has 1 heterocycles. The first-order chi connectivity index (χ1) is 8.92. The molecule has 1 nitrogen and oxygen atoms in total. The summed E-state index contributed by atoms with van der Waals surface area (Å²) in [7, 11) is 2.13. The molecular formula is C16H26BrNS. The summed E-state index contributed by atoms with van der Waals surface area (Å²) in [6.07, 6.45) is 5.28. The zero-order chi connectivity index (χ0) is 14.0. The molecule has 108 valence electrons. The molecule has 0 spiro atoms. The van der Waals surface area contributed by atoms with E-state index in [4.69, 9.17) is 0 Å². The van der Waals surface area contributed by atoms with E-state index in [0.29, 0.717) is 11.5 Å². The number of hydrogen-bond donors (Lipinski definition) is 1. The van der Waals surface area contributed by atoms with Gasteiger partial charge in [-0.2, -0.15) is 0 Å². The lowest BCUT2D eigenvalue weighted by Crippen LogP contribution is -2.46. The summed E-state index contributed by atoms with van der Waals surface area (Å²) in [5.74, 6) is 1.66. The van der Waals surface area contributed by atoms with Crippen LogP contribution in [0.3, 0.4) is 0 Å². The molecule has 0 aromatic carbocycles. The van der Waals surface area contributed by atoms with Gasteiger partial charge in [-0.1, -0.05) is 27.2 Å². The second kappa shape index (κ2) is 6.28. The first-order valence-corrected chi connectivity index (χ1v) is 9.00. The molecule has 1 aromatic heterocycles. The van der Waals surface area contributed by atoms with Crippen LogP contribution in [0.5, 0.6) is 0 Å². The monoisotopic (exact) mass is 343 g/mol. The van der Waals surface area contributed by atoms with Gasteiger partial charge in [-0.05, 0) is 65.6 Å². The van der Waals surface area contributed by atoms with Crippen molar-refractivity contribution in [3.63, 3.8) is 0 Å². The Morgan fingerprint density at radius 3 is 2.74 bits per heavy atom. The van der Waals surface area contributed by atoms with Gasteiger partial charge in [0.25, 0.3) is 0 Å². The van der Waals surface area contributed by atoms with Crippen molar-refractivity contribution < 1.29 is 0 Å². The standard InChI is InChI=1S/C16H26BrNS/c1-11-5-6-14(15(7-11)18-4)16(2,3)9-13-8-12(17)10-19-13/h8,10-11,14-15,18H,5-7,9H2,1-4H3. The van der Waals surface area contributed by atoms with E-state index < -0.39 is 0 Å². The fourth-order valence-electron chi connectivity index (χ4n) is 3.66. The Bertz CT molecular complexity index is 413. The number of rotatable bonds is 4. The lowest BCUT2D eigenvalue weighted by atomic mass is 9.65. The van der Waals surface area contributed by atoms with E-state index in [-0.39, 0.29) is 0 Å². The van der Waals surface area contributed by atoms with Crippen LogP contribution in [0, 0.1) is 17.3 Å². The molecule has 1 aliphatic carbocycles. The van der Waals surface area contributed by atoms with Gasteiger partial charge in [0, 0.05) is 20.8 Å². The van der Waals surface area contributed by atoms with Crippen molar-refractivity contribution in [3.8, 4) is 0 Å². The van der Waals surface area contributed by atoms with Gasteiger partial charge >= 0.3 is 0 Å². The SMILES string of the molecule is CNC1CC(C)CCC1C(C)(C)Cc1cc(Br)cs1. The lowest BCUT2D eigenvalue weighted by Gasteiger charge is -2.44. The predicted molar refractivity (Wildman–Crippen MR) is 88.9 cm³/mol. The van der Waals surface area contributed by atoms with Crippen LogP contribution in [0.4, 0.5) is 0 Å². The number of hydrogen-bond acceptors (Lipinski definition) is 2. The van der Waals surface area contributed by atoms with Crippen LogP contribution >= 0.6 is 27.3 Å². The molecule has 1 aliphatic rings. The van der Waals surface area contributed by atoms with E-state index in [2.05, 4.69) is 60.5 Å². The van der Waals surface area contributed by atoms with Gasteiger partial charge in [0.2, 0.25) is 0 Å². The number of halogens is 1. The van der Waals surface area contributed by atoms with Gasteiger partial charge in [0.1, 0.15) is 0 Å². The van der Waals surface area contributed by atoms with Gasteiger partial charge in [0.05, 0.1) is 0 Å². The highest BCUT2D eigenvalue weighted by molar-refractivity contribution is 9.10. The summed E-state index contributed by atoms with van der Waals surface area (Å²) < 4.78 is 1.23. The summed E-state index contributed by atoms with van der Waals surface area (Å²) >= 11 is 5.45. The second-order valence-corrected chi connectivity index (χ2v) is 8.73. The number of thiophene rings is 1. The quantitative estimate of drug-likeness (QED) is 0.801. The first kappa shape index (κ1) is 15.5. The van der Waals surface area contributed by atoms with E-state index >= 15 is 0 Å². The Hall–Kier alpha value is 0.140. The molecule has 0 bridgehead atoms. The summed E-state index contributed by atoms with van der Waals surface area (Å²) in [6.45, 7) is 7.29. The average molecular weight is 344 g/mol. The van der Waals surface area contributed by atoms with Crippen molar-refractivity contribution in [2.24, 2.45) is 17.3 Å². The Balaban J connectivity index is 2.09. The Morgan fingerprint density at radius 1 is 1.42 bits per heavy atom. The predicted octanol–water partition coefficient (Wildman–Crippen LogP) is 5.10. The van der Waals surface area contributed by atoms with E-state index in [1.54, 1.807) is 0 Å². The van der Waals surface area contributed by atoms with Crippen LogP contribution in [0.2, 0.25) is 0 Å². The van der Waals surface area contributed by atoms with Crippen molar-refractivity contribution in [3.05, 3.63) is 20.8 Å². The molecule has 1 N–H and O–H groups in total. The molecule has 0 radical (unpaired) electrons. The van der Waals surface area contributed by atoms with E-state index in [1.807, 2.05) is 11.3 Å². The highest BCUT2D eigenvalue weighted by atomic mass is 79.9. The Kier molecular flexibility index (Phi) is 5.13. The van der Waals surface area contributed by atoms with E-state index in [0.717, 1.165) is 11.8 Å². The van der Waals surface area contributed by atoms with E-state index in [1.165, 1.54) is 35.0 Å². The van der Waals surface area contributed by atoms with E-state index in [9.17, 15) is 0 Å². The van der Waals surface area contributed by atoms with Crippen molar-refractivity contribution in [2.45, 2.75) is 52.5 Å². The maximum Gasteiger partial charge on any atom is 0.0285 e. The summed E-state index contributed by atoms with van der Waals surface area (Å²) in [4.78, 5) is 1.50. The summed E-state index contributed by atoms with van der Waals surface area (Å²) in [5.41, 5.74) is 0.373. The van der Waals surface area contributed by atoms with Crippen molar-refractivity contribution in [1.29, 1.82) is 0 Å². The van der Waals surface area contributed by atoms with Crippen molar-refractivity contribution in [2.75, 3.05) is 7.05 Å². The van der Waals surface area contributed by atoms with Gasteiger partial charge < -0.3 is 5.32 Å². The molecule has 3 heteroatoms. The van der Waals surface area contributed by atoms with Gasteiger partial charge in [-0.15, -0.1) is 11.3 Å². The molecule has 0 aliphatic heterocycles. The molecular weight excluding hydrogens is 318 g/mol. The highest BCUT2D eigenvalue weighted by Crippen LogP contribution is 2.43. The fraction of sp³-hybridized carbons (Fsp3) is 0.750. The van der Waals surface area contributed by atoms with Crippen LogP contribution in [0.15, 0.2) is 15.9 Å². The summed E-state index contributed by atoms with van der Waals surface area (Å²) in [6, 6.07) is 2.97. The minimum Gasteiger partial charge on any atom is -0.317 e. The van der Waals surface area contributed by atoms with Gasteiger partial charge in [-0.25, -0.2) is 0 Å². The first-order valence-electron chi connectivity index (χ1n) is 7.32. The molecule has 1 aromatic rings. The molecule has 2 rings (SSSR count). The van der Waals surface area contributed by atoms with Gasteiger partial charge in [0.15, 0.2) is 0 Å². The third-order valence-corrected chi connectivity index (χ3v) is 6.44. The van der Waals surface area contributed by atoms with Crippen LogP contribution in [-0.2, 0) is 6.42 Å². The minimum absolute atomic E-state index is 0.373. The third kappa shape index (κ3) is 3.83. The molecule has 3 atom stereocenters. The molecule has 1 saturated carbocycles. The zero-order valence-corrected chi connectivity index (χ0v) is 14.9.